The summed E-state index contributed by atoms with van der Waals surface area (Å²) in [6, 6.07) is 6.40. The molecule has 2 N–H and O–H groups in total. The first-order chi connectivity index (χ1) is 8.72. The Morgan fingerprint density at radius 2 is 2.11 bits per heavy atom. The number of nitrogens with zero attached hydrogens (tertiary/aromatic N) is 1. The van der Waals surface area contributed by atoms with Gasteiger partial charge < -0.3 is 10.2 Å². The predicted octanol–water partition coefficient (Wildman–Crippen LogP) is 1.71. The fraction of sp³-hybridized carbons (Fsp3) is 0.571. The summed E-state index contributed by atoms with van der Waals surface area (Å²) >= 11 is 0. The number of aliphatic hydroxyl groups excluding tert-OH is 2. The van der Waals surface area contributed by atoms with Crippen molar-refractivity contribution >= 4 is 0 Å². The Morgan fingerprint density at radius 3 is 2.83 bits per heavy atom. The van der Waals surface area contributed by atoms with Crippen LogP contribution in [0.25, 0.3) is 0 Å². The molecule has 2 atom stereocenters. The lowest BCUT2D eigenvalue weighted by molar-refractivity contribution is 0.0405. The number of piperidine rings is 1. The van der Waals surface area contributed by atoms with Gasteiger partial charge in [0.25, 0.3) is 0 Å². The summed E-state index contributed by atoms with van der Waals surface area (Å²) in [5.74, 6) is -0.373. The predicted molar refractivity (Wildman–Crippen MR) is 67.7 cm³/mol. The molecule has 0 amide bonds. The standard InChI is InChI=1S/C14H20FNO2/c15-13-7-2-1-6-12(13)14(18)9-16-8-4-3-5-11(16)10-17/h1-2,6-7,11,14,17-18H,3-5,8-10H2. The van der Waals surface area contributed by atoms with Crippen LogP contribution >= 0.6 is 0 Å². The Balaban J connectivity index is 2.02. The molecule has 1 aromatic carbocycles. The van der Waals surface area contributed by atoms with E-state index in [0.717, 1.165) is 25.8 Å². The van der Waals surface area contributed by atoms with E-state index in [0.29, 0.717) is 12.1 Å². The lowest BCUT2D eigenvalue weighted by atomic mass is 10.0. The fourth-order valence-corrected chi connectivity index (χ4v) is 2.57. The minimum atomic E-state index is -0.835. The Bertz CT molecular complexity index is 386. The highest BCUT2D eigenvalue weighted by atomic mass is 19.1. The zero-order chi connectivity index (χ0) is 13.0. The molecule has 100 valence electrons. The molecule has 1 saturated heterocycles. The van der Waals surface area contributed by atoms with Crippen molar-refractivity contribution < 1.29 is 14.6 Å². The van der Waals surface area contributed by atoms with Gasteiger partial charge >= 0.3 is 0 Å². The maximum absolute atomic E-state index is 13.5. The van der Waals surface area contributed by atoms with Gasteiger partial charge in [-0.3, -0.25) is 4.90 Å². The monoisotopic (exact) mass is 253 g/mol. The molecule has 0 saturated carbocycles. The van der Waals surface area contributed by atoms with Crippen LogP contribution in [0.2, 0.25) is 0 Å². The van der Waals surface area contributed by atoms with Crippen molar-refractivity contribution in [2.45, 2.75) is 31.4 Å². The summed E-state index contributed by atoms with van der Waals surface area (Å²) in [5.41, 5.74) is 0.333. The Labute approximate surface area is 107 Å². The van der Waals surface area contributed by atoms with Gasteiger partial charge in [0.15, 0.2) is 0 Å². The van der Waals surface area contributed by atoms with E-state index in [1.807, 2.05) is 0 Å². The molecule has 3 nitrogen and oxygen atoms in total. The van der Waals surface area contributed by atoms with E-state index in [1.165, 1.54) is 6.07 Å². The minimum Gasteiger partial charge on any atom is -0.395 e. The van der Waals surface area contributed by atoms with Crippen LogP contribution < -0.4 is 0 Å². The largest absolute Gasteiger partial charge is 0.395 e. The summed E-state index contributed by atoms with van der Waals surface area (Å²) in [7, 11) is 0. The molecule has 1 aliphatic heterocycles. The van der Waals surface area contributed by atoms with Crippen LogP contribution in [0.15, 0.2) is 24.3 Å². The second-order valence-electron chi connectivity index (χ2n) is 4.86. The average Bonchev–Trinajstić information content (AvgIpc) is 2.39. The molecule has 1 aliphatic rings. The number of β-amino-alcohol motifs (C(OH)–C–C–N with tert-alkyl or cyclic N) is 1. The van der Waals surface area contributed by atoms with Crippen LogP contribution in [-0.4, -0.2) is 40.9 Å². The fourth-order valence-electron chi connectivity index (χ4n) is 2.57. The summed E-state index contributed by atoms with van der Waals surface area (Å²) < 4.78 is 13.5. The van der Waals surface area contributed by atoms with E-state index in [9.17, 15) is 14.6 Å². The van der Waals surface area contributed by atoms with E-state index in [4.69, 9.17) is 0 Å². The lowest BCUT2D eigenvalue weighted by Crippen LogP contribution is -2.43. The number of rotatable bonds is 4. The highest BCUT2D eigenvalue weighted by molar-refractivity contribution is 5.20. The number of likely N-dealkylation sites (tertiary alicyclic amines) is 1. The topological polar surface area (TPSA) is 43.7 Å². The molecular formula is C14H20FNO2. The molecule has 0 aliphatic carbocycles. The third-order valence-corrected chi connectivity index (χ3v) is 3.63. The van der Waals surface area contributed by atoms with Gasteiger partial charge in [-0.2, -0.15) is 0 Å². The van der Waals surface area contributed by atoms with Crippen LogP contribution in [0.3, 0.4) is 0 Å². The SMILES string of the molecule is OCC1CCCCN1CC(O)c1ccccc1F. The maximum Gasteiger partial charge on any atom is 0.129 e. The van der Waals surface area contributed by atoms with Crippen LogP contribution in [0, 0.1) is 5.82 Å². The van der Waals surface area contributed by atoms with E-state index < -0.39 is 6.10 Å². The first-order valence-electron chi connectivity index (χ1n) is 6.49. The summed E-state index contributed by atoms with van der Waals surface area (Å²) in [6.07, 6.45) is 2.29. The van der Waals surface area contributed by atoms with Gasteiger partial charge in [0.1, 0.15) is 5.82 Å². The third kappa shape index (κ3) is 3.07. The summed E-state index contributed by atoms with van der Waals surface area (Å²) in [6.45, 7) is 1.34. The number of hydrogen-bond donors (Lipinski definition) is 2. The van der Waals surface area contributed by atoms with Gasteiger partial charge in [-0.25, -0.2) is 4.39 Å². The Hall–Kier alpha value is -0.970. The first-order valence-corrected chi connectivity index (χ1v) is 6.49. The van der Waals surface area contributed by atoms with E-state index in [2.05, 4.69) is 4.90 Å². The Morgan fingerprint density at radius 1 is 1.33 bits per heavy atom. The van der Waals surface area contributed by atoms with Gasteiger partial charge in [-0.1, -0.05) is 24.6 Å². The lowest BCUT2D eigenvalue weighted by Gasteiger charge is -2.35. The number of halogens is 1. The van der Waals surface area contributed by atoms with Crippen LogP contribution in [0.5, 0.6) is 0 Å². The molecule has 4 heteroatoms. The van der Waals surface area contributed by atoms with Crippen LogP contribution in [-0.2, 0) is 0 Å². The van der Waals surface area contributed by atoms with Gasteiger partial charge in [0.2, 0.25) is 0 Å². The number of aliphatic hydroxyl groups is 2. The van der Waals surface area contributed by atoms with Crippen molar-refractivity contribution in [1.82, 2.24) is 4.90 Å². The van der Waals surface area contributed by atoms with E-state index in [-0.39, 0.29) is 18.5 Å². The normalized spacial score (nSPS) is 22.9. The summed E-state index contributed by atoms with van der Waals surface area (Å²) in [4.78, 5) is 2.06. The highest BCUT2D eigenvalue weighted by Crippen LogP contribution is 2.22. The molecule has 0 spiro atoms. The van der Waals surface area contributed by atoms with E-state index >= 15 is 0 Å². The number of benzene rings is 1. The highest BCUT2D eigenvalue weighted by Gasteiger charge is 2.24. The van der Waals surface area contributed by atoms with Crippen LogP contribution in [0.1, 0.15) is 30.9 Å². The van der Waals surface area contributed by atoms with Gasteiger partial charge in [-0.15, -0.1) is 0 Å². The zero-order valence-corrected chi connectivity index (χ0v) is 10.4. The quantitative estimate of drug-likeness (QED) is 0.858. The molecule has 2 unspecified atom stereocenters. The van der Waals surface area contributed by atoms with Crippen molar-refractivity contribution in [3.63, 3.8) is 0 Å². The zero-order valence-electron chi connectivity index (χ0n) is 10.4. The molecule has 1 heterocycles. The average molecular weight is 253 g/mol. The second kappa shape index (κ2) is 6.27. The Kier molecular flexibility index (Phi) is 4.69. The van der Waals surface area contributed by atoms with Crippen molar-refractivity contribution in [3.8, 4) is 0 Å². The third-order valence-electron chi connectivity index (χ3n) is 3.63. The molecule has 1 aromatic rings. The summed E-state index contributed by atoms with van der Waals surface area (Å²) in [5, 5.41) is 19.4. The van der Waals surface area contributed by atoms with Crippen molar-refractivity contribution in [3.05, 3.63) is 35.6 Å². The van der Waals surface area contributed by atoms with Gasteiger partial charge in [-0.05, 0) is 25.5 Å². The van der Waals surface area contributed by atoms with Gasteiger partial charge in [0, 0.05) is 18.2 Å². The minimum absolute atomic E-state index is 0.0974. The molecule has 0 bridgehead atoms. The molecule has 0 radical (unpaired) electrons. The number of hydrogen-bond acceptors (Lipinski definition) is 3. The van der Waals surface area contributed by atoms with E-state index in [1.54, 1.807) is 18.2 Å². The molecular weight excluding hydrogens is 233 g/mol. The first kappa shape index (κ1) is 13.5. The van der Waals surface area contributed by atoms with Crippen molar-refractivity contribution in [1.29, 1.82) is 0 Å². The molecule has 0 aromatic heterocycles. The van der Waals surface area contributed by atoms with Crippen molar-refractivity contribution in [2.24, 2.45) is 0 Å². The van der Waals surface area contributed by atoms with Gasteiger partial charge in [0.05, 0.1) is 12.7 Å². The van der Waals surface area contributed by atoms with Crippen molar-refractivity contribution in [2.75, 3.05) is 19.7 Å². The molecule has 18 heavy (non-hydrogen) atoms. The molecule has 2 rings (SSSR count). The second-order valence-corrected chi connectivity index (χ2v) is 4.86. The van der Waals surface area contributed by atoms with Crippen LogP contribution in [0.4, 0.5) is 4.39 Å². The maximum atomic E-state index is 13.5. The smallest absolute Gasteiger partial charge is 0.129 e. The molecule has 1 fully saturated rings.